The monoisotopic (exact) mass is 500 g/mol. The number of aryl methyl sites for hydroxylation is 1. The molecular formula is C18H22ClN6O7P. The zero-order valence-corrected chi connectivity index (χ0v) is 19.0. The lowest BCUT2D eigenvalue weighted by Crippen LogP contribution is -2.34. The molecule has 15 heteroatoms. The summed E-state index contributed by atoms with van der Waals surface area (Å²) in [5.74, 6) is 0.326. The number of aliphatic hydroxyl groups is 2. The van der Waals surface area contributed by atoms with Crippen LogP contribution in [0.3, 0.4) is 0 Å². The molecule has 1 aliphatic rings. The van der Waals surface area contributed by atoms with E-state index in [0.717, 1.165) is 15.8 Å². The summed E-state index contributed by atoms with van der Waals surface area (Å²) in [6.45, 7) is 2.07. The third-order valence-corrected chi connectivity index (χ3v) is 5.65. The van der Waals surface area contributed by atoms with Gasteiger partial charge in [0.1, 0.15) is 24.7 Å². The molecule has 13 nitrogen and oxygen atoms in total. The first-order valence-corrected chi connectivity index (χ1v) is 12.0. The number of nitrogens with one attached hydrogen (secondary N) is 1. The minimum Gasteiger partial charge on any atom is -0.387 e. The molecule has 33 heavy (non-hydrogen) atoms. The number of rotatable bonds is 8. The molecule has 5 N–H and O–H groups in total. The maximum atomic E-state index is 10.9. The number of ether oxygens (including phenoxy) is 2. The zero-order chi connectivity index (χ0) is 23.8. The van der Waals surface area contributed by atoms with E-state index in [1.165, 1.54) is 0 Å². The lowest BCUT2D eigenvalue weighted by atomic mass is 10.1. The highest BCUT2D eigenvalue weighted by Gasteiger charge is 2.45. The fourth-order valence-corrected chi connectivity index (χ4v) is 3.97. The summed E-state index contributed by atoms with van der Waals surface area (Å²) in [6.07, 6.45) is -5.93. The van der Waals surface area contributed by atoms with Crippen molar-refractivity contribution in [1.82, 2.24) is 25.0 Å². The highest BCUT2D eigenvalue weighted by Crippen LogP contribution is 2.36. The van der Waals surface area contributed by atoms with Gasteiger partial charge in [-0.1, -0.05) is 35.0 Å². The van der Waals surface area contributed by atoms with E-state index in [1.54, 1.807) is 0 Å². The highest BCUT2D eigenvalue weighted by atomic mass is 35.5. The van der Waals surface area contributed by atoms with Gasteiger partial charge in [0.2, 0.25) is 5.28 Å². The Bertz CT molecular complexity index is 1190. The van der Waals surface area contributed by atoms with Gasteiger partial charge in [-0.25, -0.2) is 0 Å². The third-order valence-electron chi connectivity index (χ3n) is 4.96. The molecule has 3 aromatic rings. The Labute approximate surface area is 192 Å². The van der Waals surface area contributed by atoms with Crippen LogP contribution in [0.15, 0.2) is 24.3 Å². The van der Waals surface area contributed by atoms with Crippen molar-refractivity contribution >= 4 is 36.2 Å². The van der Waals surface area contributed by atoms with Crippen LogP contribution in [0.1, 0.15) is 17.4 Å². The van der Waals surface area contributed by atoms with Crippen LogP contribution in [-0.4, -0.2) is 76.2 Å². The summed E-state index contributed by atoms with van der Waals surface area (Å²) in [5.41, 5.74) is 2.56. The summed E-state index contributed by atoms with van der Waals surface area (Å²) < 4.78 is 22.6. The Morgan fingerprint density at radius 2 is 2.06 bits per heavy atom. The number of anilines is 1. The van der Waals surface area contributed by atoms with Crippen LogP contribution in [-0.2, 0) is 20.6 Å². The van der Waals surface area contributed by atoms with Crippen LogP contribution < -0.4 is 5.32 Å². The Hall–Kier alpha value is -2.22. The van der Waals surface area contributed by atoms with Crippen molar-refractivity contribution in [2.75, 3.05) is 18.3 Å². The summed E-state index contributed by atoms with van der Waals surface area (Å²) in [4.78, 5) is 26.1. The fraction of sp³-hybridized carbons (Fsp3) is 0.444. The van der Waals surface area contributed by atoms with E-state index in [2.05, 4.69) is 25.6 Å². The van der Waals surface area contributed by atoms with E-state index in [9.17, 15) is 14.8 Å². The lowest BCUT2D eigenvalue weighted by molar-refractivity contribution is -0.0665. The molecule has 1 aliphatic heterocycles. The number of aliphatic hydroxyl groups excluding tert-OH is 2. The number of fused-ring (bicyclic) bond motifs is 1. The second kappa shape index (κ2) is 9.57. The minimum absolute atomic E-state index is 0.0904. The van der Waals surface area contributed by atoms with E-state index in [-0.39, 0.29) is 23.1 Å². The summed E-state index contributed by atoms with van der Waals surface area (Å²) in [6, 6.07) is 7.90. The van der Waals surface area contributed by atoms with Gasteiger partial charge in [-0.05, 0) is 24.1 Å². The van der Waals surface area contributed by atoms with Crippen LogP contribution in [0, 0.1) is 6.92 Å². The first-order valence-electron chi connectivity index (χ1n) is 9.84. The molecule has 1 saturated heterocycles. The normalized spacial score (nSPS) is 23.3. The SMILES string of the molecule is Cc1cccc(CNc2nc(Cl)nc3c2nnn3[C@@H]2O[C@H](COCP(=O)(O)O)[C@@H](O)[C@H]2O)c1. The smallest absolute Gasteiger partial charge is 0.350 e. The molecule has 3 heterocycles. The van der Waals surface area contributed by atoms with Crippen molar-refractivity contribution in [3.05, 3.63) is 40.7 Å². The lowest BCUT2D eigenvalue weighted by Gasteiger charge is -2.15. The number of aromatic nitrogens is 5. The second-order valence-electron chi connectivity index (χ2n) is 7.60. The molecule has 0 saturated carbocycles. The minimum atomic E-state index is -4.38. The number of hydrogen-bond donors (Lipinski definition) is 5. The maximum Gasteiger partial charge on any atom is 0.350 e. The van der Waals surface area contributed by atoms with E-state index in [0.29, 0.717) is 12.4 Å². The Morgan fingerprint density at radius 1 is 1.27 bits per heavy atom. The van der Waals surface area contributed by atoms with Gasteiger partial charge < -0.3 is 34.8 Å². The van der Waals surface area contributed by atoms with Crippen molar-refractivity contribution < 1.29 is 34.0 Å². The summed E-state index contributed by atoms with van der Waals surface area (Å²) >= 11 is 6.09. The first kappa shape index (κ1) is 23.9. The predicted molar refractivity (Wildman–Crippen MR) is 115 cm³/mol. The van der Waals surface area contributed by atoms with Gasteiger partial charge in [0.05, 0.1) is 6.61 Å². The van der Waals surface area contributed by atoms with E-state index < -0.39 is 38.5 Å². The standard InChI is InChI=1S/C18H22ClN6O7P/c1-9-3-2-4-10(5-9)6-20-15-12-16(22-18(19)21-15)25(24-23-12)17-14(27)13(26)11(32-17)7-31-8-33(28,29)30/h2-5,11,13-14,17,26-27H,6-8H2,1H3,(H,20,21,22)(H2,28,29,30)/t11-,13-,14-,17-/m1/s1. The third kappa shape index (κ3) is 5.48. The molecular weight excluding hydrogens is 479 g/mol. The maximum absolute atomic E-state index is 10.9. The van der Waals surface area contributed by atoms with Crippen LogP contribution >= 0.6 is 19.2 Å². The van der Waals surface area contributed by atoms with Crippen LogP contribution in [0.25, 0.3) is 11.2 Å². The van der Waals surface area contributed by atoms with Gasteiger partial charge in [-0.2, -0.15) is 14.6 Å². The van der Waals surface area contributed by atoms with E-state index >= 15 is 0 Å². The number of hydrogen-bond acceptors (Lipinski definition) is 10. The highest BCUT2D eigenvalue weighted by molar-refractivity contribution is 7.51. The van der Waals surface area contributed by atoms with Crippen LogP contribution in [0.4, 0.5) is 5.82 Å². The average molecular weight is 501 g/mol. The molecule has 0 aliphatic carbocycles. The van der Waals surface area contributed by atoms with Gasteiger partial charge in [0.15, 0.2) is 23.2 Å². The van der Waals surface area contributed by atoms with Gasteiger partial charge >= 0.3 is 7.60 Å². The van der Waals surface area contributed by atoms with Gasteiger partial charge in [0.25, 0.3) is 0 Å². The molecule has 1 aromatic carbocycles. The molecule has 0 bridgehead atoms. The molecule has 0 spiro atoms. The van der Waals surface area contributed by atoms with Gasteiger partial charge in [0, 0.05) is 6.54 Å². The van der Waals surface area contributed by atoms with Crippen LogP contribution in [0.2, 0.25) is 5.28 Å². The molecule has 2 aromatic heterocycles. The summed E-state index contributed by atoms with van der Waals surface area (Å²) in [7, 11) is -4.38. The molecule has 0 amide bonds. The molecule has 178 valence electrons. The van der Waals surface area contributed by atoms with E-state index in [4.69, 9.17) is 30.9 Å². The average Bonchev–Trinajstić information content (AvgIpc) is 3.27. The summed E-state index contributed by atoms with van der Waals surface area (Å²) in [5, 5.41) is 31.9. The molecule has 4 atom stereocenters. The van der Waals surface area contributed by atoms with Crippen molar-refractivity contribution in [3.63, 3.8) is 0 Å². The fourth-order valence-electron chi connectivity index (χ4n) is 3.46. The quantitative estimate of drug-likeness (QED) is 0.214. The molecule has 0 unspecified atom stereocenters. The van der Waals surface area contributed by atoms with Gasteiger partial charge in [-0.15, -0.1) is 5.10 Å². The topological polar surface area (TPSA) is 185 Å². The van der Waals surface area contributed by atoms with E-state index in [1.807, 2.05) is 31.2 Å². The zero-order valence-electron chi connectivity index (χ0n) is 17.3. The van der Waals surface area contributed by atoms with Crippen LogP contribution in [0.5, 0.6) is 0 Å². The van der Waals surface area contributed by atoms with Crippen molar-refractivity contribution in [2.24, 2.45) is 0 Å². The largest absolute Gasteiger partial charge is 0.387 e. The Kier molecular flexibility index (Phi) is 6.93. The Morgan fingerprint density at radius 3 is 2.79 bits per heavy atom. The molecule has 1 fully saturated rings. The number of nitrogens with zero attached hydrogens (tertiary/aromatic N) is 5. The van der Waals surface area contributed by atoms with Crippen molar-refractivity contribution in [3.8, 4) is 0 Å². The first-order chi connectivity index (χ1) is 15.6. The molecule has 4 rings (SSSR count). The second-order valence-corrected chi connectivity index (χ2v) is 9.53. The predicted octanol–water partition coefficient (Wildman–Crippen LogP) is 0.566. The number of benzene rings is 1. The van der Waals surface area contributed by atoms with Crippen molar-refractivity contribution in [2.45, 2.75) is 38.0 Å². The van der Waals surface area contributed by atoms with Crippen molar-refractivity contribution in [1.29, 1.82) is 0 Å². The van der Waals surface area contributed by atoms with Gasteiger partial charge in [-0.3, -0.25) is 4.57 Å². The Balaban J connectivity index is 1.54. The molecule has 0 radical (unpaired) electrons. The number of halogens is 1.